The van der Waals surface area contributed by atoms with Crippen LogP contribution in [0.15, 0.2) is 35.0 Å². The van der Waals surface area contributed by atoms with Crippen molar-refractivity contribution in [2.45, 2.75) is 46.0 Å². The van der Waals surface area contributed by atoms with Gasteiger partial charge < -0.3 is 4.42 Å². The van der Waals surface area contributed by atoms with E-state index < -0.39 is 0 Å². The lowest BCUT2D eigenvalue weighted by molar-refractivity contribution is 0.402. The third kappa shape index (κ3) is 2.70. The summed E-state index contributed by atoms with van der Waals surface area (Å²) >= 11 is 0. The number of pyridine rings is 2. The van der Waals surface area contributed by atoms with Crippen LogP contribution in [0.1, 0.15) is 49.4 Å². The Morgan fingerprint density at radius 2 is 2.00 bits per heavy atom. The number of nitrogens with zero attached hydrogens (tertiary/aromatic N) is 3. The average Bonchev–Trinajstić information content (AvgIpc) is 3.19. The van der Waals surface area contributed by atoms with Gasteiger partial charge in [0.15, 0.2) is 0 Å². The summed E-state index contributed by atoms with van der Waals surface area (Å²) in [5, 5.41) is 0. The van der Waals surface area contributed by atoms with E-state index in [1.54, 1.807) is 6.20 Å². The molecular formula is C20H23N3O. The van der Waals surface area contributed by atoms with Crippen LogP contribution in [-0.4, -0.2) is 15.0 Å². The Labute approximate surface area is 142 Å². The van der Waals surface area contributed by atoms with Gasteiger partial charge in [-0.05, 0) is 60.4 Å². The Balaban J connectivity index is 1.59. The molecule has 2 atom stereocenters. The summed E-state index contributed by atoms with van der Waals surface area (Å²) in [7, 11) is 0. The van der Waals surface area contributed by atoms with Crippen molar-refractivity contribution in [3.63, 3.8) is 0 Å². The molecule has 2 unspecified atom stereocenters. The Kier molecular flexibility index (Phi) is 3.83. The molecule has 0 fully saturated rings. The lowest BCUT2D eigenvalue weighted by Crippen LogP contribution is -2.08. The molecule has 3 aromatic rings. The van der Waals surface area contributed by atoms with E-state index in [9.17, 15) is 0 Å². The van der Waals surface area contributed by atoms with E-state index in [1.165, 1.54) is 16.8 Å². The maximum absolute atomic E-state index is 5.84. The minimum Gasteiger partial charge on any atom is -0.422 e. The van der Waals surface area contributed by atoms with Gasteiger partial charge in [-0.3, -0.25) is 4.98 Å². The predicted molar refractivity (Wildman–Crippen MR) is 93.9 cm³/mol. The van der Waals surface area contributed by atoms with Crippen LogP contribution in [0.3, 0.4) is 0 Å². The van der Waals surface area contributed by atoms with Crippen LogP contribution in [0.5, 0.6) is 0 Å². The molecule has 0 bridgehead atoms. The molecule has 1 aliphatic carbocycles. The first-order valence-corrected chi connectivity index (χ1v) is 8.79. The fourth-order valence-corrected chi connectivity index (χ4v) is 3.67. The van der Waals surface area contributed by atoms with Crippen LogP contribution in [0.25, 0.3) is 11.2 Å². The van der Waals surface area contributed by atoms with E-state index in [2.05, 4.69) is 41.8 Å². The summed E-state index contributed by atoms with van der Waals surface area (Å²) in [6.45, 7) is 6.79. The normalized spacial score (nSPS) is 18.2. The number of hydrogen-bond donors (Lipinski definition) is 0. The van der Waals surface area contributed by atoms with Gasteiger partial charge in [0.1, 0.15) is 5.52 Å². The second-order valence-electron chi connectivity index (χ2n) is 7.29. The van der Waals surface area contributed by atoms with Crippen molar-refractivity contribution in [2.24, 2.45) is 11.8 Å². The van der Waals surface area contributed by atoms with Crippen molar-refractivity contribution in [1.82, 2.24) is 15.0 Å². The summed E-state index contributed by atoms with van der Waals surface area (Å²) in [6.07, 6.45) is 6.89. The molecule has 3 aromatic heterocycles. The molecule has 4 heteroatoms. The molecule has 0 spiro atoms. The molecule has 24 heavy (non-hydrogen) atoms. The van der Waals surface area contributed by atoms with Crippen LogP contribution in [-0.2, 0) is 19.3 Å². The van der Waals surface area contributed by atoms with Gasteiger partial charge in [0.25, 0.3) is 0 Å². The van der Waals surface area contributed by atoms with E-state index in [-0.39, 0.29) is 5.92 Å². The van der Waals surface area contributed by atoms with Crippen LogP contribution >= 0.6 is 0 Å². The monoisotopic (exact) mass is 321 g/mol. The van der Waals surface area contributed by atoms with E-state index in [4.69, 9.17) is 4.42 Å². The van der Waals surface area contributed by atoms with Crippen LogP contribution in [0, 0.1) is 11.8 Å². The van der Waals surface area contributed by atoms with E-state index in [0.717, 1.165) is 36.6 Å². The van der Waals surface area contributed by atoms with Gasteiger partial charge in [-0.2, -0.15) is 0 Å². The Morgan fingerprint density at radius 3 is 2.79 bits per heavy atom. The SMILES string of the molecule is CC(Cc1ccnc2c1CC(C(C)C)C2)c1nc2cccnc2o1. The van der Waals surface area contributed by atoms with Crippen molar-refractivity contribution < 1.29 is 4.42 Å². The molecular weight excluding hydrogens is 298 g/mol. The van der Waals surface area contributed by atoms with Crippen molar-refractivity contribution in [1.29, 1.82) is 0 Å². The van der Waals surface area contributed by atoms with Crippen LogP contribution in [0.2, 0.25) is 0 Å². The number of rotatable bonds is 4. The van der Waals surface area contributed by atoms with Crippen LogP contribution < -0.4 is 0 Å². The molecule has 0 N–H and O–H groups in total. The Morgan fingerprint density at radius 1 is 1.12 bits per heavy atom. The number of aromatic nitrogens is 3. The third-order valence-electron chi connectivity index (χ3n) is 5.24. The second kappa shape index (κ2) is 6.00. The molecule has 124 valence electrons. The summed E-state index contributed by atoms with van der Waals surface area (Å²) in [6, 6.07) is 6.00. The Bertz CT molecular complexity index is 835. The molecule has 4 nitrogen and oxygen atoms in total. The second-order valence-corrected chi connectivity index (χ2v) is 7.29. The van der Waals surface area contributed by atoms with Gasteiger partial charge in [0.05, 0.1) is 0 Å². The highest BCUT2D eigenvalue weighted by Crippen LogP contribution is 2.34. The minimum absolute atomic E-state index is 0.226. The lowest BCUT2D eigenvalue weighted by atomic mass is 9.91. The van der Waals surface area contributed by atoms with Gasteiger partial charge in [-0.25, -0.2) is 9.97 Å². The van der Waals surface area contributed by atoms with Crippen LogP contribution in [0.4, 0.5) is 0 Å². The van der Waals surface area contributed by atoms with E-state index in [0.29, 0.717) is 11.6 Å². The quantitative estimate of drug-likeness (QED) is 0.717. The summed E-state index contributed by atoms with van der Waals surface area (Å²) < 4.78 is 5.84. The maximum atomic E-state index is 5.84. The molecule has 3 heterocycles. The highest BCUT2D eigenvalue weighted by Gasteiger charge is 2.27. The lowest BCUT2D eigenvalue weighted by Gasteiger charge is -2.13. The average molecular weight is 321 g/mol. The number of oxazole rings is 1. The fraction of sp³-hybridized carbons (Fsp3) is 0.450. The summed E-state index contributed by atoms with van der Waals surface area (Å²) in [4.78, 5) is 13.5. The molecule has 1 aliphatic rings. The van der Waals surface area contributed by atoms with Gasteiger partial charge in [0.2, 0.25) is 11.6 Å². The molecule has 0 aromatic carbocycles. The standard InChI is InChI=1S/C20H23N3O/c1-12(2)15-10-16-14(6-8-21-18(16)11-15)9-13(3)19-23-17-5-4-7-22-20(17)24-19/h4-8,12-13,15H,9-11H2,1-3H3. The van der Waals surface area contributed by atoms with Gasteiger partial charge in [-0.15, -0.1) is 0 Å². The molecule has 0 amide bonds. The number of fused-ring (bicyclic) bond motifs is 2. The first-order valence-electron chi connectivity index (χ1n) is 8.79. The third-order valence-corrected chi connectivity index (χ3v) is 5.24. The van der Waals surface area contributed by atoms with E-state index in [1.807, 2.05) is 18.3 Å². The zero-order valence-corrected chi connectivity index (χ0v) is 14.5. The van der Waals surface area contributed by atoms with Crippen molar-refractivity contribution in [3.05, 3.63) is 53.3 Å². The molecule has 0 saturated heterocycles. The maximum Gasteiger partial charge on any atom is 0.246 e. The van der Waals surface area contributed by atoms with Gasteiger partial charge >= 0.3 is 0 Å². The van der Waals surface area contributed by atoms with Gasteiger partial charge in [-0.1, -0.05) is 20.8 Å². The fourth-order valence-electron chi connectivity index (χ4n) is 3.67. The smallest absolute Gasteiger partial charge is 0.246 e. The Hall–Kier alpha value is -2.23. The topological polar surface area (TPSA) is 51.8 Å². The first-order chi connectivity index (χ1) is 11.6. The molecule has 4 rings (SSSR count). The summed E-state index contributed by atoms with van der Waals surface area (Å²) in [5.74, 6) is 2.42. The number of hydrogen-bond acceptors (Lipinski definition) is 4. The minimum atomic E-state index is 0.226. The highest BCUT2D eigenvalue weighted by molar-refractivity contribution is 5.67. The van der Waals surface area contributed by atoms with Crippen molar-refractivity contribution in [3.8, 4) is 0 Å². The molecule has 0 radical (unpaired) electrons. The van der Waals surface area contributed by atoms with Crippen molar-refractivity contribution in [2.75, 3.05) is 0 Å². The van der Waals surface area contributed by atoms with Gasteiger partial charge in [0, 0.05) is 24.0 Å². The highest BCUT2D eigenvalue weighted by atomic mass is 16.4. The first kappa shape index (κ1) is 15.3. The zero-order chi connectivity index (χ0) is 16.7. The molecule has 0 saturated carbocycles. The zero-order valence-electron chi connectivity index (χ0n) is 14.5. The van der Waals surface area contributed by atoms with Crippen molar-refractivity contribution >= 4 is 11.2 Å². The van der Waals surface area contributed by atoms with E-state index >= 15 is 0 Å². The molecule has 0 aliphatic heterocycles. The largest absolute Gasteiger partial charge is 0.422 e. The predicted octanol–water partition coefficient (Wildman–Crippen LogP) is 4.33. The summed E-state index contributed by atoms with van der Waals surface area (Å²) in [5.41, 5.74) is 5.60.